The number of methoxy groups -OCH3 is 1. The van der Waals surface area contributed by atoms with E-state index in [1.807, 2.05) is 6.07 Å². The maximum Gasteiger partial charge on any atom is 0.412 e. The van der Waals surface area contributed by atoms with Crippen molar-refractivity contribution in [3.63, 3.8) is 0 Å². The van der Waals surface area contributed by atoms with Crippen LogP contribution in [0.15, 0.2) is 84.9 Å². The van der Waals surface area contributed by atoms with Crippen molar-refractivity contribution in [2.24, 2.45) is 0 Å². The molecule has 0 fully saturated rings. The summed E-state index contributed by atoms with van der Waals surface area (Å²) in [6.07, 6.45) is 0.191. The molecule has 0 unspecified atom stereocenters. The minimum Gasteiger partial charge on any atom is -0.491 e. The molecule has 196 valence electrons. The largest absolute Gasteiger partial charge is 0.491 e. The van der Waals surface area contributed by atoms with Gasteiger partial charge in [0.05, 0.1) is 29.6 Å². The van der Waals surface area contributed by atoms with E-state index >= 15 is 0 Å². The number of nitrogens with one attached hydrogen (secondary N) is 2. The Labute approximate surface area is 220 Å². The Kier molecular flexibility index (Phi) is 10.2. The second-order valence-corrected chi connectivity index (χ2v) is 7.92. The van der Waals surface area contributed by atoms with Gasteiger partial charge in [0, 0.05) is 18.9 Å². The van der Waals surface area contributed by atoms with Gasteiger partial charge in [-0.05, 0) is 60.2 Å². The molecule has 3 rings (SSSR count). The molecule has 0 heterocycles. The van der Waals surface area contributed by atoms with Gasteiger partial charge in [-0.25, -0.2) is 4.79 Å². The molecule has 0 aromatic heterocycles. The second-order valence-electron chi connectivity index (χ2n) is 7.92. The number of ether oxygens (including phenoxy) is 3. The second kappa shape index (κ2) is 14.0. The first-order chi connectivity index (χ1) is 18.4. The highest BCUT2D eigenvalue weighted by Crippen LogP contribution is 2.27. The van der Waals surface area contributed by atoms with Gasteiger partial charge < -0.3 is 30.4 Å². The maximum absolute atomic E-state index is 12.8. The minimum atomic E-state index is -0.948. The Hall–Kier alpha value is -4.85. The van der Waals surface area contributed by atoms with E-state index in [9.17, 15) is 9.59 Å². The van der Waals surface area contributed by atoms with Gasteiger partial charge in [0.25, 0.3) is 0 Å². The van der Waals surface area contributed by atoms with E-state index < -0.39 is 24.2 Å². The normalized spacial score (nSPS) is 12.2. The molecule has 0 radical (unpaired) electrons. The number of hydrogen-bond acceptors (Lipinski definition) is 8. The fourth-order valence-electron chi connectivity index (χ4n) is 3.40. The zero-order chi connectivity index (χ0) is 27.3. The molecule has 2 amide bonds. The number of nitrogens with zero attached hydrogens (tertiary/aromatic N) is 1. The van der Waals surface area contributed by atoms with Crippen molar-refractivity contribution in [1.82, 2.24) is 0 Å². The van der Waals surface area contributed by atoms with Crippen molar-refractivity contribution in [1.29, 1.82) is 5.26 Å². The number of aliphatic hydroxyl groups is 1. The van der Waals surface area contributed by atoms with Gasteiger partial charge in [0.15, 0.2) is 6.10 Å². The predicted octanol–water partition coefficient (Wildman–Crippen LogP) is 4.01. The van der Waals surface area contributed by atoms with Crippen LogP contribution < -0.4 is 21.1 Å². The molecule has 0 bridgehead atoms. The molecular formula is C28H28N4O6. The summed E-state index contributed by atoms with van der Waals surface area (Å²) in [5, 5.41) is 23.2. The number of anilines is 3. The molecule has 0 saturated carbocycles. The van der Waals surface area contributed by atoms with Gasteiger partial charge in [0.2, 0.25) is 5.91 Å². The van der Waals surface area contributed by atoms with Gasteiger partial charge in [-0.3, -0.25) is 10.1 Å². The fraction of sp³-hybridized carbons (Fsp3) is 0.179. The lowest BCUT2D eigenvalue weighted by atomic mass is 10.0. The highest BCUT2D eigenvalue weighted by atomic mass is 16.6. The van der Waals surface area contributed by atoms with Crippen LogP contribution in [0.3, 0.4) is 0 Å². The van der Waals surface area contributed by atoms with Crippen LogP contribution in [-0.2, 0) is 14.3 Å². The number of para-hydroxylation sites is 2. The highest BCUT2D eigenvalue weighted by molar-refractivity contribution is 6.01. The van der Waals surface area contributed by atoms with Crippen molar-refractivity contribution in [2.75, 3.05) is 36.7 Å². The summed E-state index contributed by atoms with van der Waals surface area (Å²) in [6, 6.07) is 21.9. The lowest BCUT2D eigenvalue weighted by Crippen LogP contribution is -2.27. The molecule has 0 saturated heterocycles. The number of nitrogen functional groups attached to an aromatic ring is 1. The summed E-state index contributed by atoms with van der Waals surface area (Å²) in [6.45, 7) is 0.00693. The third kappa shape index (κ3) is 8.09. The number of hydrogen-bond donors (Lipinski definition) is 4. The van der Waals surface area contributed by atoms with E-state index in [1.54, 1.807) is 72.8 Å². The van der Waals surface area contributed by atoms with Crippen LogP contribution in [0.2, 0.25) is 0 Å². The Balaban J connectivity index is 1.79. The number of nitrogens with two attached hydrogens (primary N) is 1. The molecule has 0 spiro atoms. The summed E-state index contributed by atoms with van der Waals surface area (Å²) in [5.74, 6) is 0.0754. The smallest absolute Gasteiger partial charge is 0.412 e. The molecule has 10 heteroatoms. The summed E-state index contributed by atoms with van der Waals surface area (Å²) < 4.78 is 16.7. The average molecular weight is 517 g/mol. The molecule has 3 aromatic rings. The van der Waals surface area contributed by atoms with E-state index in [-0.39, 0.29) is 13.2 Å². The van der Waals surface area contributed by atoms with E-state index in [0.29, 0.717) is 33.9 Å². The lowest BCUT2D eigenvalue weighted by Gasteiger charge is -2.24. The summed E-state index contributed by atoms with van der Waals surface area (Å²) in [7, 11) is 1.43. The number of benzene rings is 3. The van der Waals surface area contributed by atoms with Crippen molar-refractivity contribution < 1.29 is 28.9 Å². The number of aliphatic hydroxyl groups excluding tert-OH is 1. The molecule has 0 aliphatic carbocycles. The zero-order valence-electron chi connectivity index (χ0n) is 20.7. The van der Waals surface area contributed by atoms with Crippen LogP contribution in [0.4, 0.5) is 21.9 Å². The Morgan fingerprint density at radius 2 is 1.76 bits per heavy atom. The van der Waals surface area contributed by atoms with E-state index in [2.05, 4.69) is 10.6 Å². The number of amides is 2. The van der Waals surface area contributed by atoms with Crippen LogP contribution >= 0.6 is 0 Å². The average Bonchev–Trinajstić information content (AvgIpc) is 2.93. The van der Waals surface area contributed by atoms with Crippen LogP contribution in [0.25, 0.3) is 0 Å². The molecular weight excluding hydrogens is 488 g/mol. The molecule has 0 aliphatic heterocycles. The first-order valence-electron chi connectivity index (χ1n) is 11.6. The quantitative estimate of drug-likeness (QED) is 0.220. The van der Waals surface area contributed by atoms with Gasteiger partial charge in [-0.15, -0.1) is 0 Å². The van der Waals surface area contributed by atoms with E-state index in [1.165, 1.54) is 19.3 Å². The third-order valence-corrected chi connectivity index (χ3v) is 5.29. The predicted molar refractivity (Wildman–Crippen MR) is 142 cm³/mol. The zero-order valence-corrected chi connectivity index (χ0v) is 20.7. The van der Waals surface area contributed by atoms with Crippen molar-refractivity contribution in [3.8, 4) is 11.8 Å². The van der Waals surface area contributed by atoms with E-state index in [4.69, 9.17) is 30.3 Å². The monoisotopic (exact) mass is 516 g/mol. The first kappa shape index (κ1) is 27.7. The van der Waals surface area contributed by atoms with Gasteiger partial charge in [-0.1, -0.05) is 24.3 Å². The number of carbonyl (C=O) groups excluding carboxylic acids is 2. The summed E-state index contributed by atoms with van der Waals surface area (Å²) in [5.41, 5.74) is 8.22. The maximum atomic E-state index is 12.8. The SMILES string of the molecule is CO[C@@H](/C=C/C(=O)Nc1ccccc1N)[C@@H](OC(=O)Nc1ccc(C#N)cc1)c1ccc(OCCO)cc1. The number of carbonyl (C=O) groups is 2. The standard InChI is InChI=1S/C28H28N4O6/c1-36-25(14-15-26(34)32-24-5-3-2-4-23(24)30)27(20-8-12-22(13-9-20)37-17-16-33)38-28(35)31-21-10-6-19(18-29)7-11-21/h2-15,25,27,33H,16-17,30H2,1H3,(H,31,35)(H,32,34)/b15-14+/t25-,27-/m0/s1. The molecule has 2 atom stereocenters. The van der Waals surface area contributed by atoms with Crippen molar-refractivity contribution >= 4 is 29.1 Å². The fourth-order valence-corrected chi connectivity index (χ4v) is 3.40. The van der Waals surface area contributed by atoms with Crippen LogP contribution in [-0.4, -0.2) is 43.5 Å². The molecule has 5 N–H and O–H groups in total. The minimum absolute atomic E-state index is 0.129. The molecule has 10 nitrogen and oxygen atoms in total. The van der Waals surface area contributed by atoms with Gasteiger partial charge >= 0.3 is 6.09 Å². The molecule has 0 aliphatic rings. The van der Waals surface area contributed by atoms with Crippen molar-refractivity contribution in [3.05, 3.63) is 96.1 Å². The lowest BCUT2D eigenvalue weighted by molar-refractivity contribution is -0.112. The van der Waals surface area contributed by atoms with Gasteiger partial charge in [0.1, 0.15) is 18.5 Å². The Morgan fingerprint density at radius 1 is 1.05 bits per heavy atom. The molecule has 3 aromatic carbocycles. The van der Waals surface area contributed by atoms with Gasteiger partial charge in [-0.2, -0.15) is 5.26 Å². The topological polar surface area (TPSA) is 156 Å². The van der Waals surface area contributed by atoms with Crippen LogP contribution in [0.1, 0.15) is 17.2 Å². The first-order valence-corrected chi connectivity index (χ1v) is 11.6. The third-order valence-electron chi connectivity index (χ3n) is 5.29. The summed E-state index contributed by atoms with van der Waals surface area (Å²) in [4.78, 5) is 25.3. The van der Waals surface area contributed by atoms with Crippen LogP contribution in [0.5, 0.6) is 5.75 Å². The Bertz CT molecular complexity index is 1290. The number of nitriles is 1. The van der Waals surface area contributed by atoms with Crippen molar-refractivity contribution in [2.45, 2.75) is 12.2 Å². The molecule has 38 heavy (non-hydrogen) atoms. The summed E-state index contributed by atoms with van der Waals surface area (Å²) >= 11 is 0. The number of rotatable bonds is 11. The Morgan fingerprint density at radius 3 is 2.39 bits per heavy atom. The highest BCUT2D eigenvalue weighted by Gasteiger charge is 2.26. The van der Waals surface area contributed by atoms with Crippen LogP contribution in [0, 0.1) is 11.3 Å². The van der Waals surface area contributed by atoms with E-state index in [0.717, 1.165) is 0 Å².